The number of hydrogen-bond donors (Lipinski definition) is 1. The second-order valence-electron chi connectivity index (χ2n) is 6.05. The molecule has 0 atom stereocenters. The molecule has 1 heterocycles. The Kier molecular flexibility index (Phi) is 7.70. The van der Waals surface area contributed by atoms with Gasteiger partial charge in [-0.05, 0) is 87.6 Å². The summed E-state index contributed by atoms with van der Waals surface area (Å²) in [6.45, 7) is 2.90. The number of rotatable bonds is 9. The molecule has 1 aromatic rings. The molecule has 1 fully saturated rings. The lowest BCUT2D eigenvalue weighted by molar-refractivity contribution is 0.193. The second kappa shape index (κ2) is 9.02. The minimum Gasteiger partial charge on any atom is -0.383 e. The molecule has 0 amide bonds. The van der Waals surface area contributed by atoms with Crippen LogP contribution in [0.15, 0.2) is 13.6 Å². The summed E-state index contributed by atoms with van der Waals surface area (Å²) in [5, 5.41) is 3.51. The molecule has 2 nitrogen and oxygen atoms in total. The molecule has 0 aromatic carbocycles. The highest BCUT2D eigenvalue weighted by atomic mass is 79.9. The first-order valence-electron chi connectivity index (χ1n) is 7.79. The van der Waals surface area contributed by atoms with Crippen molar-refractivity contribution in [3.8, 4) is 0 Å². The van der Waals surface area contributed by atoms with Gasteiger partial charge < -0.3 is 10.1 Å². The largest absolute Gasteiger partial charge is 0.383 e. The van der Waals surface area contributed by atoms with Crippen LogP contribution in [0.3, 0.4) is 0 Å². The maximum absolute atomic E-state index is 5.09. The van der Waals surface area contributed by atoms with Gasteiger partial charge in [-0.25, -0.2) is 0 Å². The molecule has 1 aromatic heterocycles. The summed E-state index contributed by atoms with van der Waals surface area (Å²) in [4.78, 5) is 0. The summed E-state index contributed by atoms with van der Waals surface area (Å²) in [5.74, 6) is 0. The fourth-order valence-electron chi connectivity index (χ4n) is 3.35. The van der Waals surface area contributed by atoms with Crippen molar-refractivity contribution in [2.75, 3.05) is 26.8 Å². The van der Waals surface area contributed by atoms with Crippen LogP contribution in [0, 0.1) is 5.41 Å². The van der Waals surface area contributed by atoms with Gasteiger partial charge in [-0.2, -0.15) is 0 Å². The van der Waals surface area contributed by atoms with Crippen LogP contribution in [0.5, 0.6) is 0 Å². The first-order chi connectivity index (χ1) is 10.2. The van der Waals surface area contributed by atoms with E-state index in [2.05, 4.69) is 43.2 Å². The number of ether oxygens (including phenoxy) is 1. The Balaban J connectivity index is 1.82. The zero-order chi connectivity index (χ0) is 15.1. The molecule has 0 spiro atoms. The van der Waals surface area contributed by atoms with E-state index in [4.69, 9.17) is 4.74 Å². The highest BCUT2D eigenvalue weighted by Gasteiger charge is 2.33. The van der Waals surface area contributed by atoms with Crippen molar-refractivity contribution in [2.24, 2.45) is 5.41 Å². The van der Waals surface area contributed by atoms with E-state index < -0.39 is 0 Å². The first-order valence-corrected chi connectivity index (χ1v) is 10.2. The predicted octanol–water partition coefficient (Wildman–Crippen LogP) is 5.39. The van der Waals surface area contributed by atoms with Crippen molar-refractivity contribution in [1.82, 2.24) is 5.32 Å². The van der Waals surface area contributed by atoms with Crippen LogP contribution in [-0.4, -0.2) is 26.8 Å². The average molecular weight is 439 g/mol. The van der Waals surface area contributed by atoms with Crippen molar-refractivity contribution in [3.05, 3.63) is 19.2 Å². The normalized spacial score (nSPS) is 17.5. The summed E-state index contributed by atoms with van der Waals surface area (Å²) < 4.78 is 7.61. The van der Waals surface area contributed by atoms with Crippen molar-refractivity contribution < 1.29 is 4.74 Å². The highest BCUT2D eigenvalue weighted by molar-refractivity contribution is 9.12. The molecule has 0 aliphatic heterocycles. The number of methoxy groups -OCH3 is 1. The minimum atomic E-state index is 0.563. The van der Waals surface area contributed by atoms with Gasteiger partial charge in [0, 0.05) is 13.7 Å². The summed E-state index contributed by atoms with van der Waals surface area (Å²) >= 11 is 9.05. The molecule has 0 radical (unpaired) electrons. The Labute approximate surface area is 149 Å². The van der Waals surface area contributed by atoms with Crippen LogP contribution in [0.2, 0.25) is 0 Å². The van der Waals surface area contributed by atoms with Crippen LogP contribution >= 0.6 is 43.2 Å². The van der Waals surface area contributed by atoms with E-state index in [1.165, 1.54) is 58.1 Å². The van der Waals surface area contributed by atoms with Gasteiger partial charge in [0.05, 0.1) is 14.2 Å². The lowest BCUT2D eigenvalue weighted by atomic mass is 9.78. The van der Waals surface area contributed by atoms with Crippen LogP contribution in [0.1, 0.15) is 44.1 Å². The van der Waals surface area contributed by atoms with Crippen molar-refractivity contribution >= 4 is 43.2 Å². The lowest BCUT2D eigenvalue weighted by Crippen LogP contribution is -2.27. The second-order valence-corrected chi connectivity index (χ2v) is 9.80. The molecule has 0 saturated heterocycles. The smallest absolute Gasteiger partial charge is 0.0742 e. The number of thiophene rings is 1. The molecule has 1 N–H and O–H groups in total. The monoisotopic (exact) mass is 437 g/mol. The molecule has 1 aliphatic rings. The molecule has 0 bridgehead atoms. The number of hydrogen-bond acceptors (Lipinski definition) is 3. The van der Waals surface area contributed by atoms with Gasteiger partial charge in [-0.3, -0.25) is 0 Å². The van der Waals surface area contributed by atoms with Gasteiger partial charge in [-0.15, -0.1) is 11.3 Å². The Morgan fingerprint density at radius 3 is 2.62 bits per heavy atom. The van der Waals surface area contributed by atoms with E-state index in [1.54, 1.807) is 18.4 Å². The SMILES string of the molecule is COCCNCCC1(CCc2cc(Br)sc2Br)CCCC1. The molecule has 1 aliphatic carbocycles. The number of aryl methyl sites for hydroxylation is 1. The zero-order valence-electron chi connectivity index (χ0n) is 12.7. The topological polar surface area (TPSA) is 21.3 Å². The quantitative estimate of drug-likeness (QED) is 0.521. The van der Waals surface area contributed by atoms with Crippen molar-refractivity contribution in [2.45, 2.75) is 44.9 Å². The van der Waals surface area contributed by atoms with E-state index in [-0.39, 0.29) is 0 Å². The Hall–Kier alpha value is 0.580. The highest BCUT2D eigenvalue weighted by Crippen LogP contribution is 2.45. The third-order valence-electron chi connectivity index (χ3n) is 4.63. The fourth-order valence-corrected chi connectivity index (χ4v) is 6.26. The van der Waals surface area contributed by atoms with E-state index in [9.17, 15) is 0 Å². The van der Waals surface area contributed by atoms with Gasteiger partial charge in [-0.1, -0.05) is 12.8 Å². The molecule has 2 rings (SSSR count). The van der Waals surface area contributed by atoms with Gasteiger partial charge in [0.2, 0.25) is 0 Å². The van der Waals surface area contributed by atoms with Gasteiger partial charge in [0.1, 0.15) is 0 Å². The maximum Gasteiger partial charge on any atom is 0.0742 e. The average Bonchev–Trinajstić information content (AvgIpc) is 3.04. The minimum absolute atomic E-state index is 0.563. The Bertz CT molecular complexity index is 430. The summed E-state index contributed by atoms with van der Waals surface area (Å²) in [6.07, 6.45) is 9.45. The van der Waals surface area contributed by atoms with Gasteiger partial charge in [0.25, 0.3) is 0 Å². The maximum atomic E-state index is 5.09. The molecular formula is C16H25Br2NOS. The Morgan fingerprint density at radius 2 is 2.00 bits per heavy atom. The van der Waals surface area contributed by atoms with Crippen molar-refractivity contribution in [3.63, 3.8) is 0 Å². The third-order valence-corrected chi connectivity index (χ3v) is 7.09. The molecular weight excluding hydrogens is 414 g/mol. The summed E-state index contributed by atoms with van der Waals surface area (Å²) in [7, 11) is 1.76. The fraction of sp³-hybridized carbons (Fsp3) is 0.750. The molecule has 1 saturated carbocycles. The van der Waals surface area contributed by atoms with Gasteiger partial charge in [0.15, 0.2) is 0 Å². The van der Waals surface area contributed by atoms with Crippen LogP contribution in [0.25, 0.3) is 0 Å². The lowest BCUT2D eigenvalue weighted by Gasteiger charge is -2.29. The molecule has 0 unspecified atom stereocenters. The van der Waals surface area contributed by atoms with Crippen LogP contribution in [0.4, 0.5) is 0 Å². The van der Waals surface area contributed by atoms with E-state index in [0.717, 1.165) is 19.7 Å². The number of nitrogens with one attached hydrogen (secondary N) is 1. The van der Waals surface area contributed by atoms with E-state index in [0.29, 0.717) is 5.41 Å². The standard InChI is InChI=1S/C16H25Br2NOS/c1-20-11-10-19-9-8-16(5-2-3-6-16)7-4-13-12-14(17)21-15(13)18/h12,19H,2-11H2,1H3. The Morgan fingerprint density at radius 1 is 1.24 bits per heavy atom. The van der Waals surface area contributed by atoms with Crippen LogP contribution < -0.4 is 5.32 Å². The van der Waals surface area contributed by atoms with Crippen LogP contribution in [-0.2, 0) is 11.2 Å². The number of halogens is 2. The molecule has 5 heteroatoms. The van der Waals surface area contributed by atoms with E-state index >= 15 is 0 Å². The predicted molar refractivity (Wildman–Crippen MR) is 98.3 cm³/mol. The summed E-state index contributed by atoms with van der Waals surface area (Å²) in [5.41, 5.74) is 2.03. The zero-order valence-corrected chi connectivity index (χ0v) is 16.7. The van der Waals surface area contributed by atoms with Crippen molar-refractivity contribution in [1.29, 1.82) is 0 Å². The van der Waals surface area contributed by atoms with E-state index in [1.807, 2.05) is 0 Å². The summed E-state index contributed by atoms with van der Waals surface area (Å²) in [6, 6.07) is 2.27. The first kappa shape index (κ1) is 17.9. The van der Waals surface area contributed by atoms with Gasteiger partial charge >= 0.3 is 0 Å². The third kappa shape index (κ3) is 5.61. The molecule has 120 valence electrons. The molecule has 21 heavy (non-hydrogen) atoms.